The number of hydrogen-bond donors (Lipinski definition) is 1. The zero-order chi connectivity index (χ0) is 19.6. The standard InChI is InChI=1S/C21H26N2O4/c1-13(2)11-18(19(24)22-14-7-6-8-15(12-14)27-3)23-20(25)16-9-4-5-10-17(16)21(23)26/h4-8,12-13,16-18H,9-11H2,1-3H3,(H,22,24). The fourth-order valence-corrected chi connectivity index (χ4v) is 3.84. The van der Waals surface area contributed by atoms with Crippen LogP contribution in [0.5, 0.6) is 5.75 Å². The van der Waals surface area contributed by atoms with Gasteiger partial charge in [0.25, 0.3) is 0 Å². The Labute approximate surface area is 159 Å². The smallest absolute Gasteiger partial charge is 0.247 e. The average molecular weight is 370 g/mol. The fraction of sp³-hybridized carbons (Fsp3) is 0.476. The number of carbonyl (C=O) groups excluding carboxylic acids is 3. The summed E-state index contributed by atoms with van der Waals surface area (Å²) in [4.78, 5) is 40.0. The lowest BCUT2D eigenvalue weighted by Crippen LogP contribution is -2.48. The summed E-state index contributed by atoms with van der Waals surface area (Å²) in [5.41, 5.74) is 0.575. The molecule has 0 spiro atoms. The van der Waals surface area contributed by atoms with E-state index < -0.39 is 6.04 Å². The molecule has 3 amide bonds. The second-order valence-corrected chi connectivity index (χ2v) is 7.57. The molecular weight excluding hydrogens is 344 g/mol. The lowest BCUT2D eigenvalue weighted by atomic mass is 9.85. The zero-order valence-electron chi connectivity index (χ0n) is 16.0. The van der Waals surface area contributed by atoms with Gasteiger partial charge in [-0.05, 0) is 37.3 Å². The molecule has 1 aliphatic carbocycles. The molecule has 1 fully saturated rings. The van der Waals surface area contributed by atoms with Gasteiger partial charge in [0.15, 0.2) is 0 Å². The summed E-state index contributed by atoms with van der Waals surface area (Å²) in [5, 5.41) is 2.84. The highest BCUT2D eigenvalue weighted by molar-refractivity contribution is 6.10. The fourth-order valence-electron chi connectivity index (χ4n) is 3.84. The Kier molecular flexibility index (Phi) is 5.63. The van der Waals surface area contributed by atoms with Crippen LogP contribution in [-0.4, -0.2) is 35.8 Å². The maximum Gasteiger partial charge on any atom is 0.247 e. The van der Waals surface area contributed by atoms with Crippen LogP contribution in [0.3, 0.4) is 0 Å². The summed E-state index contributed by atoms with van der Waals surface area (Å²) in [6.07, 6.45) is 5.46. The van der Waals surface area contributed by atoms with Crippen LogP contribution >= 0.6 is 0 Å². The first-order chi connectivity index (χ1) is 12.9. The molecule has 1 heterocycles. The first-order valence-electron chi connectivity index (χ1n) is 9.39. The van der Waals surface area contributed by atoms with Crippen LogP contribution in [0.1, 0.15) is 33.1 Å². The third-order valence-corrected chi connectivity index (χ3v) is 5.19. The molecule has 1 aromatic carbocycles. The van der Waals surface area contributed by atoms with Crippen LogP contribution in [0.15, 0.2) is 36.4 Å². The molecule has 0 bridgehead atoms. The van der Waals surface area contributed by atoms with E-state index >= 15 is 0 Å². The van der Waals surface area contributed by atoms with E-state index in [1.54, 1.807) is 31.4 Å². The van der Waals surface area contributed by atoms with Crippen molar-refractivity contribution in [2.45, 2.75) is 39.2 Å². The second kappa shape index (κ2) is 7.94. The molecule has 0 aromatic heterocycles. The summed E-state index contributed by atoms with van der Waals surface area (Å²) in [6.45, 7) is 3.96. The van der Waals surface area contributed by atoms with E-state index in [1.807, 2.05) is 26.0 Å². The molecule has 1 aliphatic heterocycles. The highest BCUT2D eigenvalue weighted by Gasteiger charge is 2.51. The van der Waals surface area contributed by atoms with Crippen LogP contribution < -0.4 is 10.1 Å². The molecule has 0 radical (unpaired) electrons. The molecule has 6 heteroatoms. The van der Waals surface area contributed by atoms with E-state index in [1.165, 1.54) is 4.90 Å². The van der Waals surface area contributed by atoms with Gasteiger partial charge in [0.1, 0.15) is 11.8 Å². The van der Waals surface area contributed by atoms with Gasteiger partial charge in [-0.15, -0.1) is 0 Å². The predicted octanol–water partition coefficient (Wildman–Crippen LogP) is 3.00. The molecule has 1 saturated heterocycles. The Balaban J connectivity index is 1.84. The number of nitrogens with one attached hydrogen (secondary N) is 1. The van der Waals surface area contributed by atoms with E-state index in [4.69, 9.17) is 4.74 Å². The molecular formula is C21H26N2O4. The minimum atomic E-state index is -0.804. The third-order valence-electron chi connectivity index (χ3n) is 5.19. The Morgan fingerprint density at radius 2 is 1.81 bits per heavy atom. The topological polar surface area (TPSA) is 75.7 Å². The first-order valence-corrected chi connectivity index (χ1v) is 9.39. The second-order valence-electron chi connectivity index (χ2n) is 7.57. The van der Waals surface area contributed by atoms with Crippen LogP contribution in [0.4, 0.5) is 5.69 Å². The third kappa shape index (κ3) is 3.89. The van der Waals surface area contributed by atoms with Crippen LogP contribution in [0.2, 0.25) is 0 Å². The highest BCUT2D eigenvalue weighted by Crippen LogP contribution is 2.37. The van der Waals surface area contributed by atoms with Crippen LogP contribution in [-0.2, 0) is 14.4 Å². The van der Waals surface area contributed by atoms with Crippen LogP contribution in [0, 0.1) is 17.8 Å². The molecule has 3 unspecified atom stereocenters. The summed E-state index contributed by atoms with van der Waals surface area (Å²) < 4.78 is 5.18. The van der Waals surface area contributed by atoms with E-state index in [2.05, 4.69) is 5.32 Å². The van der Waals surface area contributed by atoms with Gasteiger partial charge >= 0.3 is 0 Å². The summed E-state index contributed by atoms with van der Waals surface area (Å²) >= 11 is 0. The number of ether oxygens (including phenoxy) is 1. The number of fused-ring (bicyclic) bond motifs is 1. The van der Waals surface area contributed by atoms with Gasteiger partial charge in [-0.3, -0.25) is 19.3 Å². The van der Waals surface area contributed by atoms with Crippen molar-refractivity contribution in [3.8, 4) is 5.75 Å². The van der Waals surface area contributed by atoms with Crippen molar-refractivity contribution in [2.24, 2.45) is 17.8 Å². The lowest BCUT2D eigenvalue weighted by molar-refractivity contribution is -0.147. The summed E-state index contributed by atoms with van der Waals surface area (Å²) in [6, 6.07) is 6.22. The molecule has 6 nitrogen and oxygen atoms in total. The minimum absolute atomic E-state index is 0.160. The number of allylic oxidation sites excluding steroid dienone is 2. The molecule has 3 rings (SSSR count). The summed E-state index contributed by atoms with van der Waals surface area (Å²) in [7, 11) is 1.56. The number of amides is 3. The monoisotopic (exact) mass is 370 g/mol. The Morgan fingerprint density at radius 3 is 2.37 bits per heavy atom. The van der Waals surface area contributed by atoms with Gasteiger partial charge < -0.3 is 10.1 Å². The van der Waals surface area contributed by atoms with Gasteiger partial charge in [-0.1, -0.05) is 32.1 Å². The van der Waals surface area contributed by atoms with E-state index in [0.29, 0.717) is 30.7 Å². The Morgan fingerprint density at radius 1 is 1.19 bits per heavy atom. The van der Waals surface area contributed by atoms with Crippen molar-refractivity contribution in [1.29, 1.82) is 0 Å². The van der Waals surface area contributed by atoms with Crippen molar-refractivity contribution in [3.05, 3.63) is 36.4 Å². The zero-order valence-corrected chi connectivity index (χ0v) is 16.0. The molecule has 2 aliphatic rings. The van der Waals surface area contributed by atoms with Gasteiger partial charge in [-0.25, -0.2) is 0 Å². The molecule has 27 heavy (non-hydrogen) atoms. The Hall–Kier alpha value is -2.63. The van der Waals surface area contributed by atoms with E-state index in [0.717, 1.165) is 0 Å². The number of methoxy groups -OCH3 is 1. The lowest BCUT2D eigenvalue weighted by Gasteiger charge is -2.27. The van der Waals surface area contributed by atoms with Gasteiger partial charge in [0, 0.05) is 11.8 Å². The molecule has 144 valence electrons. The number of hydrogen-bond acceptors (Lipinski definition) is 4. The highest BCUT2D eigenvalue weighted by atomic mass is 16.5. The number of anilines is 1. The van der Waals surface area contributed by atoms with E-state index in [9.17, 15) is 14.4 Å². The van der Waals surface area contributed by atoms with Gasteiger partial charge in [0.2, 0.25) is 17.7 Å². The van der Waals surface area contributed by atoms with Crippen molar-refractivity contribution < 1.29 is 19.1 Å². The first kappa shape index (κ1) is 19.1. The number of benzene rings is 1. The minimum Gasteiger partial charge on any atom is -0.497 e. The van der Waals surface area contributed by atoms with Crippen LogP contribution in [0.25, 0.3) is 0 Å². The Bertz CT molecular complexity index is 745. The number of likely N-dealkylation sites (tertiary alicyclic amines) is 1. The summed E-state index contributed by atoms with van der Waals surface area (Å²) in [5.74, 6) is -0.665. The number of nitrogens with zero attached hydrogens (tertiary/aromatic N) is 1. The molecule has 3 atom stereocenters. The van der Waals surface area contributed by atoms with Crippen molar-refractivity contribution >= 4 is 23.4 Å². The maximum atomic E-state index is 13.0. The SMILES string of the molecule is COc1cccc(NC(=O)C(CC(C)C)N2C(=O)C3CC=CCC3C2=O)c1. The van der Waals surface area contributed by atoms with Crippen molar-refractivity contribution in [1.82, 2.24) is 4.90 Å². The van der Waals surface area contributed by atoms with E-state index in [-0.39, 0.29) is 35.5 Å². The largest absolute Gasteiger partial charge is 0.497 e. The number of imide groups is 1. The normalized spacial score (nSPS) is 22.7. The molecule has 1 aromatic rings. The maximum absolute atomic E-state index is 13.0. The quantitative estimate of drug-likeness (QED) is 0.617. The molecule has 0 saturated carbocycles. The number of rotatable bonds is 6. The average Bonchev–Trinajstić information content (AvgIpc) is 2.91. The van der Waals surface area contributed by atoms with Crippen molar-refractivity contribution in [3.63, 3.8) is 0 Å². The van der Waals surface area contributed by atoms with Crippen molar-refractivity contribution in [2.75, 3.05) is 12.4 Å². The predicted molar refractivity (Wildman–Crippen MR) is 102 cm³/mol. The number of carbonyl (C=O) groups is 3. The van der Waals surface area contributed by atoms with Gasteiger partial charge in [0.05, 0.1) is 18.9 Å². The van der Waals surface area contributed by atoms with Gasteiger partial charge in [-0.2, -0.15) is 0 Å². The molecule has 1 N–H and O–H groups in total.